The van der Waals surface area contributed by atoms with Gasteiger partial charge in [-0.05, 0) is 91.9 Å². The summed E-state index contributed by atoms with van der Waals surface area (Å²) in [6.07, 6.45) is 10.5. The zero-order valence-corrected chi connectivity index (χ0v) is 21.4. The van der Waals surface area contributed by atoms with Gasteiger partial charge < -0.3 is 15.0 Å². The van der Waals surface area contributed by atoms with Gasteiger partial charge in [0.25, 0.3) is 0 Å². The Labute approximate surface area is 215 Å². The van der Waals surface area contributed by atoms with Gasteiger partial charge in [-0.25, -0.2) is 9.97 Å². The van der Waals surface area contributed by atoms with E-state index in [0.29, 0.717) is 17.9 Å². The molecule has 2 aromatic carbocycles. The van der Waals surface area contributed by atoms with E-state index in [4.69, 9.17) is 4.98 Å². The molecule has 9 rings (SSSR count). The highest BCUT2D eigenvalue weighted by Crippen LogP contribution is 2.63. The molecule has 5 nitrogen and oxygen atoms in total. The van der Waals surface area contributed by atoms with Crippen LogP contribution in [0.5, 0.6) is 0 Å². The van der Waals surface area contributed by atoms with Gasteiger partial charge in [0.1, 0.15) is 0 Å². The Morgan fingerprint density at radius 3 is 2.83 bits per heavy atom. The Morgan fingerprint density at radius 1 is 1.14 bits per heavy atom. The maximum absolute atomic E-state index is 11.9. The highest BCUT2D eigenvalue weighted by atomic mass is 32.1. The van der Waals surface area contributed by atoms with Gasteiger partial charge in [0.2, 0.25) is 0 Å². The molecule has 4 saturated carbocycles. The van der Waals surface area contributed by atoms with E-state index in [2.05, 4.69) is 64.3 Å². The number of fused-ring (bicyclic) bond motifs is 4. The molecular formula is C30H32N4OS. The second-order valence-corrected chi connectivity index (χ2v) is 13.1. The molecule has 0 radical (unpaired) electrons. The van der Waals surface area contributed by atoms with Crippen molar-refractivity contribution in [3.05, 3.63) is 66.1 Å². The van der Waals surface area contributed by atoms with Gasteiger partial charge in [0.05, 0.1) is 40.6 Å². The van der Waals surface area contributed by atoms with E-state index in [-0.39, 0.29) is 17.6 Å². The van der Waals surface area contributed by atoms with Gasteiger partial charge >= 0.3 is 0 Å². The Morgan fingerprint density at radius 2 is 1.97 bits per heavy atom. The van der Waals surface area contributed by atoms with Crippen molar-refractivity contribution in [3.8, 4) is 11.3 Å². The fourth-order valence-corrected chi connectivity index (χ4v) is 9.61. The predicted octanol–water partition coefficient (Wildman–Crippen LogP) is 6.43. The topological polar surface area (TPSA) is 63.0 Å². The van der Waals surface area contributed by atoms with Crippen LogP contribution in [-0.2, 0) is 0 Å². The third-order valence-corrected chi connectivity index (χ3v) is 10.9. The summed E-state index contributed by atoms with van der Waals surface area (Å²) in [6, 6.07) is 15.9. The Kier molecular flexibility index (Phi) is 4.55. The maximum atomic E-state index is 11.9. The summed E-state index contributed by atoms with van der Waals surface area (Å²) < 4.78 is 3.55. The number of aryl methyl sites for hydroxylation is 1. The predicted molar refractivity (Wildman–Crippen MR) is 144 cm³/mol. The summed E-state index contributed by atoms with van der Waals surface area (Å²) >= 11 is 1.79. The molecular weight excluding hydrogens is 464 g/mol. The van der Waals surface area contributed by atoms with E-state index in [1.54, 1.807) is 11.3 Å². The quantitative estimate of drug-likeness (QED) is 0.334. The lowest BCUT2D eigenvalue weighted by Gasteiger charge is -2.61. The van der Waals surface area contributed by atoms with Crippen LogP contribution < -0.4 is 5.32 Å². The van der Waals surface area contributed by atoms with Crippen molar-refractivity contribution in [1.29, 1.82) is 0 Å². The molecule has 3 heterocycles. The molecule has 5 aliphatic rings. The van der Waals surface area contributed by atoms with E-state index in [1.807, 2.05) is 12.5 Å². The standard InChI is InChI=1S/C30H32N4OS/c1-17-6-7-23-26(8-17)36-29(32-23)33-28-19-9-18-10-20(28)14-30(12-18,13-19)27(35)11-24-21-4-2-3-5-22(21)25-15-31-16-34(24)25/h2-8,15-16,18-20,24,27-28,35H,9-14H2,1H3,(H,32,33). The Balaban J connectivity index is 1.05. The number of nitrogens with one attached hydrogen (secondary N) is 1. The van der Waals surface area contributed by atoms with Crippen molar-refractivity contribution in [1.82, 2.24) is 14.5 Å². The number of hydrogen-bond donors (Lipinski definition) is 2. The number of aliphatic hydroxyl groups is 1. The van der Waals surface area contributed by atoms with Gasteiger partial charge in [-0.1, -0.05) is 41.7 Å². The average molecular weight is 497 g/mol. The van der Waals surface area contributed by atoms with Crippen molar-refractivity contribution in [2.75, 3.05) is 5.32 Å². The number of aromatic nitrogens is 3. The Hall–Kier alpha value is -2.70. The third kappa shape index (κ3) is 3.10. The fraction of sp³-hybridized carbons (Fsp3) is 0.467. The summed E-state index contributed by atoms with van der Waals surface area (Å²) in [4.78, 5) is 9.34. The normalized spacial score (nSPS) is 32.6. The first-order chi connectivity index (χ1) is 17.6. The lowest BCUT2D eigenvalue weighted by atomic mass is 9.46. The van der Waals surface area contributed by atoms with E-state index < -0.39 is 0 Å². The lowest BCUT2D eigenvalue weighted by molar-refractivity contribution is -0.129. The number of aliphatic hydroxyl groups excluding tert-OH is 1. The molecule has 4 unspecified atom stereocenters. The minimum absolute atomic E-state index is 0.0532. The van der Waals surface area contributed by atoms with Gasteiger partial charge in [-0.3, -0.25) is 0 Å². The summed E-state index contributed by atoms with van der Waals surface area (Å²) in [6.45, 7) is 2.15. The van der Waals surface area contributed by atoms with Gasteiger partial charge in [0.15, 0.2) is 5.13 Å². The smallest absolute Gasteiger partial charge is 0.184 e. The van der Waals surface area contributed by atoms with Gasteiger partial charge in [0, 0.05) is 11.6 Å². The molecule has 2 N–H and O–H groups in total. The third-order valence-electron chi connectivity index (χ3n) is 9.91. The first-order valence-electron chi connectivity index (χ1n) is 13.5. The van der Waals surface area contributed by atoms with Crippen LogP contribution >= 0.6 is 11.3 Å². The number of anilines is 1. The molecule has 6 heteroatoms. The molecule has 0 spiro atoms. The molecule has 1 aliphatic heterocycles. The maximum Gasteiger partial charge on any atom is 0.184 e. The molecule has 184 valence electrons. The second-order valence-electron chi connectivity index (χ2n) is 12.0. The lowest BCUT2D eigenvalue weighted by Crippen LogP contribution is -2.59. The van der Waals surface area contributed by atoms with E-state index in [1.165, 1.54) is 46.3 Å². The minimum Gasteiger partial charge on any atom is -0.392 e. The van der Waals surface area contributed by atoms with Crippen LogP contribution in [0.4, 0.5) is 5.13 Å². The fourth-order valence-electron chi connectivity index (χ4n) is 8.60. The van der Waals surface area contributed by atoms with Crippen LogP contribution in [0.2, 0.25) is 0 Å². The van der Waals surface area contributed by atoms with Crippen LogP contribution in [0, 0.1) is 30.1 Å². The van der Waals surface area contributed by atoms with Crippen molar-refractivity contribution in [2.24, 2.45) is 23.2 Å². The SMILES string of the molecule is Cc1ccc2nc(NC3C4CC5CC3CC(C(O)CC3c6ccccc6-c6cncn63)(C5)C4)sc2c1. The second kappa shape index (κ2) is 7.65. The largest absolute Gasteiger partial charge is 0.392 e. The number of thiazole rings is 1. The zero-order chi connectivity index (χ0) is 24.0. The number of benzene rings is 2. The average Bonchev–Trinajstić information content (AvgIpc) is 3.56. The van der Waals surface area contributed by atoms with Crippen molar-refractivity contribution in [3.63, 3.8) is 0 Å². The van der Waals surface area contributed by atoms with Crippen molar-refractivity contribution in [2.45, 2.75) is 63.6 Å². The van der Waals surface area contributed by atoms with Crippen LogP contribution in [0.15, 0.2) is 55.0 Å². The molecule has 36 heavy (non-hydrogen) atoms. The summed E-state index contributed by atoms with van der Waals surface area (Å²) in [5.74, 6) is 2.01. The van der Waals surface area contributed by atoms with E-state index in [0.717, 1.165) is 35.8 Å². The molecule has 0 amide bonds. The monoisotopic (exact) mass is 496 g/mol. The first-order valence-corrected chi connectivity index (χ1v) is 14.3. The van der Waals surface area contributed by atoms with Crippen molar-refractivity contribution >= 4 is 26.7 Å². The number of imidazole rings is 1. The highest BCUT2D eigenvalue weighted by molar-refractivity contribution is 7.22. The molecule has 4 atom stereocenters. The van der Waals surface area contributed by atoms with Crippen LogP contribution in [0.3, 0.4) is 0 Å². The number of nitrogens with zero attached hydrogens (tertiary/aromatic N) is 3. The van der Waals surface area contributed by atoms with Gasteiger partial charge in [-0.2, -0.15) is 0 Å². The highest BCUT2D eigenvalue weighted by Gasteiger charge is 2.58. The van der Waals surface area contributed by atoms with Crippen molar-refractivity contribution < 1.29 is 5.11 Å². The zero-order valence-electron chi connectivity index (χ0n) is 20.6. The number of hydrogen-bond acceptors (Lipinski definition) is 5. The molecule has 4 aromatic rings. The van der Waals surface area contributed by atoms with Crippen LogP contribution in [-0.4, -0.2) is 31.8 Å². The Bertz CT molecular complexity index is 1460. The molecule has 0 saturated heterocycles. The number of rotatable bonds is 5. The van der Waals surface area contributed by atoms with Gasteiger partial charge in [-0.15, -0.1) is 0 Å². The van der Waals surface area contributed by atoms with Crippen LogP contribution in [0.25, 0.3) is 21.5 Å². The summed E-state index contributed by atoms with van der Waals surface area (Å²) in [5.41, 5.74) is 6.23. The molecule has 2 aromatic heterocycles. The molecule has 4 aliphatic carbocycles. The summed E-state index contributed by atoms with van der Waals surface area (Å²) in [5, 5.41) is 16.9. The van der Waals surface area contributed by atoms with Crippen LogP contribution in [0.1, 0.15) is 55.7 Å². The van der Waals surface area contributed by atoms with E-state index in [9.17, 15) is 5.11 Å². The minimum atomic E-state index is -0.289. The first kappa shape index (κ1) is 21.4. The van der Waals surface area contributed by atoms with E-state index >= 15 is 0 Å². The summed E-state index contributed by atoms with van der Waals surface area (Å²) in [7, 11) is 0. The molecule has 4 fully saturated rings. The molecule has 4 bridgehead atoms.